The van der Waals surface area contributed by atoms with Crippen molar-refractivity contribution in [1.82, 2.24) is 5.32 Å². The lowest BCUT2D eigenvalue weighted by Crippen LogP contribution is -2.51. The molecule has 1 aromatic rings. The Balaban J connectivity index is 2.02. The Labute approximate surface area is 117 Å². The number of rotatable bonds is 5. The zero-order valence-electron chi connectivity index (χ0n) is 11.5. The van der Waals surface area contributed by atoms with Crippen LogP contribution in [0, 0.1) is 0 Å². The fourth-order valence-corrected chi connectivity index (χ4v) is 2.32. The molecule has 0 aromatic heterocycles. The van der Waals surface area contributed by atoms with Crippen LogP contribution in [0.1, 0.15) is 25.3 Å². The first-order valence-corrected chi connectivity index (χ1v) is 6.73. The predicted octanol–water partition coefficient (Wildman–Crippen LogP) is 1.37. The molecule has 1 aliphatic rings. The summed E-state index contributed by atoms with van der Waals surface area (Å²) in [5.41, 5.74) is -0.0256. The van der Waals surface area contributed by atoms with Crippen molar-refractivity contribution in [1.29, 1.82) is 0 Å². The number of carboxylic acids is 1. The summed E-state index contributed by atoms with van der Waals surface area (Å²) in [5.74, 6) is -1.39. The van der Waals surface area contributed by atoms with E-state index in [1.165, 1.54) is 0 Å². The topological polar surface area (TPSA) is 75.6 Å². The van der Waals surface area contributed by atoms with Gasteiger partial charge in [-0.3, -0.25) is 4.79 Å². The molecule has 0 bridgehead atoms. The van der Waals surface area contributed by atoms with Crippen LogP contribution in [0.4, 0.5) is 0 Å². The Morgan fingerprint density at radius 3 is 2.65 bits per heavy atom. The van der Waals surface area contributed by atoms with Gasteiger partial charge in [-0.15, -0.1) is 0 Å². The molecule has 20 heavy (non-hydrogen) atoms. The van der Waals surface area contributed by atoms with Gasteiger partial charge in [0.15, 0.2) is 0 Å². The van der Waals surface area contributed by atoms with Gasteiger partial charge in [0.1, 0.15) is 11.6 Å². The summed E-state index contributed by atoms with van der Waals surface area (Å²) in [6.07, 6.45) is 1.70. The Bertz CT molecular complexity index is 480. The van der Waals surface area contributed by atoms with Crippen molar-refractivity contribution in [2.75, 3.05) is 6.61 Å². The van der Waals surface area contributed by atoms with Crippen molar-refractivity contribution in [3.8, 4) is 0 Å². The molecule has 5 heteroatoms. The van der Waals surface area contributed by atoms with Crippen molar-refractivity contribution in [2.45, 2.75) is 37.8 Å². The highest BCUT2D eigenvalue weighted by molar-refractivity contribution is 5.89. The van der Waals surface area contributed by atoms with Crippen LogP contribution in [-0.2, 0) is 20.7 Å². The number of benzene rings is 1. The summed E-state index contributed by atoms with van der Waals surface area (Å²) in [6.45, 7) is 2.25. The normalized spacial score (nSPS) is 23.2. The molecule has 1 aliphatic heterocycles. The Morgan fingerprint density at radius 1 is 1.40 bits per heavy atom. The third-order valence-corrected chi connectivity index (χ3v) is 3.59. The van der Waals surface area contributed by atoms with Crippen LogP contribution in [0.25, 0.3) is 0 Å². The van der Waals surface area contributed by atoms with Gasteiger partial charge in [0.25, 0.3) is 5.91 Å². The monoisotopic (exact) mass is 277 g/mol. The van der Waals surface area contributed by atoms with E-state index in [1.54, 1.807) is 6.92 Å². The second kappa shape index (κ2) is 6.05. The van der Waals surface area contributed by atoms with Gasteiger partial charge in [0, 0.05) is 13.0 Å². The predicted molar refractivity (Wildman–Crippen MR) is 73.3 cm³/mol. The van der Waals surface area contributed by atoms with Crippen LogP contribution in [0.15, 0.2) is 30.3 Å². The van der Waals surface area contributed by atoms with E-state index >= 15 is 0 Å². The summed E-state index contributed by atoms with van der Waals surface area (Å²) in [7, 11) is 0. The molecule has 1 aromatic carbocycles. The molecule has 2 rings (SSSR count). The number of nitrogens with one attached hydrogen (secondary N) is 1. The molecule has 5 nitrogen and oxygen atoms in total. The number of hydrogen-bond donors (Lipinski definition) is 2. The molecule has 0 aliphatic carbocycles. The van der Waals surface area contributed by atoms with E-state index in [1.807, 2.05) is 30.3 Å². The quantitative estimate of drug-likeness (QED) is 0.852. The van der Waals surface area contributed by atoms with Gasteiger partial charge in [-0.2, -0.15) is 0 Å². The molecule has 1 heterocycles. The first kappa shape index (κ1) is 14.5. The number of carboxylic acid groups (broad SMARTS) is 1. The molecule has 1 amide bonds. The summed E-state index contributed by atoms with van der Waals surface area (Å²) in [6, 6.07) is 8.30. The van der Waals surface area contributed by atoms with Crippen LogP contribution in [0.3, 0.4) is 0 Å². The minimum Gasteiger partial charge on any atom is -0.480 e. The zero-order chi connectivity index (χ0) is 14.6. The lowest BCUT2D eigenvalue weighted by Gasteiger charge is -2.24. The molecule has 0 radical (unpaired) electrons. The Kier molecular flexibility index (Phi) is 4.39. The highest BCUT2D eigenvalue weighted by Gasteiger charge is 2.39. The largest absolute Gasteiger partial charge is 0.480 e. The van der Waals surface area contributed by atoms with E-state index < -0.39 is 17.6 Å². The molecule has 0 saturated carbocycles. The molecule has 2 atom stereocenters. The molecule has 0 spiro atoms. The minimum absolute atomic E-state index is 0.262. The lowest BCUT2D eigenvalue weighted by molar-refractivity contribution is -0.147. The molecular weight excluding hydrogens is 258 g/mol. The number of carbonyl (C=O) groups is 2. The summed E-state index contributed by atoms with van der Waals surface area (Å²) >= 11 is 0. The zero-order valence-corrected chi connectivity index (χ0v) is 11.5. The van der Waals surface area contributed by atoms with Crippen LogP contribution in [0.2, 0.25) is 0 Å². The second-order valence-corrected chi connectivity index (χ2v) is 5.24. The minimum atomic E-state index is -1.04. The van der Waals surface area contributed by atoms with E-state index in [0.29, 0.717) is 13.0 Å². The third-order valence-electron chi connectivity index (χ3n) is 3.59. The van der Waals surface area contributed by atoms with Crippen LogP contribution in [-0.4, -0.2) is 35.2 Å². The molecule has 1 fully saturated rings. The fraction of sp³-hybridized carbons (Fsp3) is 0.467. The van der Waals surface area contributed by atoms with Crippen molar-refractivity contribution < 1.29 is 19.4 Å². The van der Waals surface area contributed by atoms with Gasteiger partial charge in [-0.05, 0) is 25.3 Å². The van der Waals surface area contributed by atoms with Gasteiger partial charge in [-0.1, -0.05) is 30.3 Å². The number of ether oxygens (including phenoxy) is 1. The maximum atomic E-state index is 12.2. The van der Waals surface area contributed by atoms with Crippen molar-refractivity contribution >= 4 is 11.9 Å². The lowest BCUT2D eigenvalue weighted by atomic mass is 10.00. The maximum Gasteiger partial charge on any atom is 0.326 e. The third kappa shape index (κ3) is 3.36. The van der Waals surface area contributed by atoms with Crippen molar-refractivity contribution in [3.63, 3.8) is 0 Å². The number of aliphatic carboxylic acids is 1. The standard InChI is InChI=1S/C15H19NO4/c1-15(8-5-9-20-15)14(19)16-12(13(17)18)10-11-6-3-2-4-7-11/h2-4,6-7,12H,5,8-10H2,1H3,(H,16,19)(H,17,18). The molecule has 1 saturated heterocycles. The second-order valence-electron chi connectivity index (χ2n) is 5.24. The first-order chi connectivity index (χ1) is 9.51. The van der Waals surface area contributed by atoms with Crippen LogP contribution >= 0.6 is 0 Å². The van der Waals surface area contributed by atoms with Gasteiger partial charge in [0.2, 0.25) is 0 Å². The fourth-order valence-electron chi connectivity index (χ4n) is 2.32. The number of hydrogen-bond acceptors (Lipinski definition) is 3. The highest BCUT2D eigenvalue weighted by Crippen LogP contribution is 2.25. The number of amides is 1. The summed E-state index contributed by atoms with van der Waals surface area (Å²) < 4.78 is 5.43. The average molecular weight is 277 g/mol. The van der Waals surface area contributed by atoms with E-state index in [-0.39, 0.29) is 12.3 Å². The van der Waals surface area contributed by atoms with Gasteiger partial charge < -0.3 is 15.2 Å². The smallest absolute Gasteiger partial charge is 0.326 e. The van der Waals surface area contributed by atoms with Gasteiger partial charge in [-0.25, -0.2) is 4.79 Å². The maximum absolute atomic E-state index is 12.2. The molecule has 108 valence electrons. The Hall–Kier alpha value is -1.88. The SMILES string of the molecule is CC1(C(=O)NC(Cc2ccccc2)C(=O)O)CCCO1. The summed E-state index contributed by atoms with van der Waals surface area (Å²) in [4.78, 5) is 23.5. The van der Waals surface area contributed by atoms with Crippen molar-refractivity contribution in [2.24, 2.45) is 0 Å². The molecular formula is C15H19NO4. The molecule has 2 N–H and O–H groups in total. The van der Waals surface area contributed by atoms with Crippen LogP contribution < -0.4 is 5.32 Å². The average Bonchev–Trinajstić information content (AvgIpc) is 2.87. The number of carbonyl (C=O) groups excluding carboxylic acids is 1. The van der Waals surface area contributed by atoms with Gasteiger partial charge in [0.05, 0.1) is 0 Å². The Morgan fingerprint density at radius 2 is 2.10 bits per heavy atom. The van der Waals surface area contributed by atoms with Gasteiger partial charge >= 0.3 is 5.97 Å². The van der Waals surface area contributed by atoms with Crippen molar-refractivity contribution in [3.05, 3.63) is 35.9 Å². The van der Waals surface area contributed by atoms with Crippen LogP contribution in [0.5, 0.6) is 0 Å². The van der Waals surface area contributed by atoms with E-state index in [0.717, 1.165) is 12.0 Å². The van der Waals surface area contributed by atoms with E-state index in [4.69, 9.17) is 4.74 Å². The summed E-state index contributed by atoms with van der Waals surface area (Å²) in [5, 5.41) is 11.8. The van der Waals surface area contributed by atoms with E-state index in [2.05, 4.69) is 5.32 Å². The first-order valence-electron chi connectivity index (χ1n) is 6.73. The van der Waals surface area contributed by atoms with E-state index in [9.17, 15) is 14.7 Å². The molecule has 2 unspecified atom stereocenters. The highest BCUT2D eigenvalue weighted by atomic mass is 16.5.